The molecule has 7 heteroatoms. The van der Waals surface area contributed by atoms with E-state index in [9.17, 15) is 8.42 Å². The summed E-state index contributed by atoms with van der Waals surface area (Å²) < 4.78 is 30.4. The van der Waals surface area contributed by atoms with Crippen LogP contribution in [-0.4, -0.2) is 18.4 Å². The summed E-state index contributed by atoms with van der Waals surface area (Å²) in [7, 11) is -3.93. The maximum Gasteiger partial charge on any atom is 0.350 e. The Morgan fingerprint density at radius 1 is 0.920 bits per heavy atom. The van der Waals surface area contributed by atoms with Crippen molar-refractivity contribution in [3.8, 4) is 16.3 Å². The van der Waals surface area contributed by atoms with Gasteiger partial charge in [0.2, 0.25) is 0 Å². The molecule has 0 saturated heterocycles. The van der Waals surface area contributed by atoms with Gasteiger partial charge >= 0.3 is 10.1 Å². The molecular weight excluding hydrogens is 356 g/mol. The van der Waals surface area contributed by atoms with E-state index in [0.29, 0.717) is 5.01 Å². The van der Waals surface area contributed by atoms with E-state index in [1.807, 2.05) is 36.4 Å². The van der Waals surface area contributed by atoms with Crippen molar-refractivity contribution in [3.63, 3.8) is 0 Å². The van der Waals surface area contributed by atoms with Gasteiger partial charge in [0, 0.05) is 23.3 Å². The fourth-order valence-electron chi connectivity index (χ4n) is 2.37. The summed E-state index contributed by atoms with van der Waals surface area (Å²) in [5.74, 6) is 0.246. The lowest BCUT2D eigenvalue weighted by molar-refractivity contribution is 0.488. The minimum atomic E-state index is -3.93. The predicted octanol–water partition coefficient (Wildman–Crippen LogP) is 4.13. The minimum Gasteiger partial charge on any atom is -0.378 e. The Labute approximate surface area is 148 Å². The van der Waals surface area contributed by atoms with E-state index < -0.39 is 10.1 Å². The highest BCUT2D eigenvalue weighted by Crippen LogP contribution is 2.30. The molecule has 0 amide bonds. The average molecular weight is 368 g/mol. The van der Waals surface area contributed by atoms with Crippen molar-refractivity contribution in [2.45, 2.75) is 4.21 Å². The van der Waals surface area contributed by atoms with E-state index in [1.54, 1.807) is 30.6 Å². The Hall–Kier alpha value is -2.77. The first-order valence-electron chi connectivity index (χ1n) is 7.41. The Kier molecular flexibility index (Phi) is 3.95. The van der Waals surface area contributed by atoms with Crippen molar-refractivity contribution in [1.82, 2.24) is 9.97 Å². The Balaban J connectivity index is 1.64. The van der Waals surface area contributed by atoms with Gasteiger partial charge in [-0.15, -0.1) is 0 Å². The van der Waals surface area contributed by atoms with Crippen LogP contribution in [0.4, 0.5) is 0 Å². The van der Waals surface area contributed by atoms with Crippen LogP contribution in [0.2, 0.25) is 0 Å². The van der Waals surface area contributed by atoms with Gasteiger partial charge in [-0.05, 0) is 23.6 Å². The molecule has 0 radical (unpaired) electrons. The molecule has 0 aliphatic heterocycles. The quantitative estimate of drug-likeness (QED) is 0.507. The molecule has 25 heavy (non-hydrogen) atoms. The van der Waals surface area contributed by atoms with E-state index >= 15 is 0 Å². The zero-order chi connectivity index (χ0) is 17.3. The lowest BCUT2D eigenvalue weighted by Crippen LogP contribution is -2.07. The fourth-order valence-corrected chi connectivity index (χ4v) is 4.40. The molecule has 124 valence electrons. The van der Waals surface area contributed by atoms with E-state index in [2.05, 4.69) is 9.97 Å². The number of fused-ring (bicyclic) bond motifs is 1. The van der Waals surface area contributed by atoms with Gasteiger partial charge in [-0.1, -0.05) is 47.7 Å². The minimum absolute atomic E-state index is 0.0673. The van der Waals surface area contributed by atoms with Crippen LogP contribution in [0.15, 0.2) is 77.4 Å². The lowest BCUT2D eigenvalue weighted by Gasteiger charge is -2.05. The number of hydrogen-bond donors (Lipinski definition) is 0. The first-order valence-corrected chi connectivity index (χ1v) is 9.64. The first-order chi connectivity index (χ1) is 12.1. The third kappa shape index (κ3) is 3.24. The Morgan fingerprint density at radius 2 is 1.76 bits per heavy atom. The van der Waals surface area contributed by atoms with Crippen LogP contribution in [0.3, 0.4) is 0 Å². The standard InChI is InChI=1S/C18H12N2O3S2/c21-25(22,17-12-20-18(24-17)14-4-2-1-3-5-14)23-16-7-6-13-8-9-19-11-15(13)10-16/h1-12H. The zero-order valence-electron chi connectivity index (χ0n) is 12.9. The topological polar surface area (TPSA) is 69.2 Å². The van der Waals surface area contributed by atoms with Crippen LogP contribution >= 0.6 is 11.3 Å². The van der Waals surface area contributed by atoms with Crippen LogP contribution in [0, 0.1) is 0 Å². The second-order valence-electron chi connectivity index (χ2n) is 5.27. The number of rotatable bonds is 4. The molecule has 0 atom stereocenters. The van der Waals surface area contributed by atoms with Crippen molar-refractivity contribution in [3.05, 3.63) is 73.2 Å². The molecule has 0 spiro atoms. The molecule has 0 unspecified atom stereocenters. The van der Waals surface area contributed by atoms with Crippen LogP contribution in [0.25, 0.3) is 21.3 Å². The van der Waals surface area contributed by atoms with Crippen molar-refractivity contribution < 1.29 is 12.6 Å². The van der Waals surface area contributed by atoms with Crippen molar-refractivity contribution >= 4 is 32.2 Å². The van der Waals surface area contributed by atoms with E-state index in [0.717, 1.165) is 27.7 Å². The van der Waals surface area contributed by atoms with Crippen molar-refractivity contribution in [2.24, 2.45) is 0 Å². The SMILES string of the molecule is O=S(=O)(Oc1ccc2ccncc2c1)c1cnc(-c2ccccc2)s1. The monoisotopic (exact) mass is 368 g/mol. The van der Waals surface area contributed by atoms with E-state index in [-0.39, 0.29) is 9.96 Å². The molecule has 0 aliphatic carbocycles. The largest absolute Gasteiger partial charge is 0.378 e. The maximum absolute atomic E-state index is 12.5. The van der Waals surface area contributed by atoms with Gasteiger partial charge in [-0.3, -0.25) is 4.98 Å². The smallest absolute Gasteiger partial charge is 0.350 e. The molecule has 5 nitrogen and oxygen atoms in total. The second-order valence-corrected chi connectivity index (χ2v) is 8.08. The second kappa shape index (κ2) is 6.27. The third-order valence-corrected chi connectivity index (χ3v) is 6.28. The lowest BCUT2D eigenvalue weighted by atomic mass is 10.2. The molecule has 0 aliphatic rings. The highest BCUT2D eigenvalue weighted by molar-refractivity contribution is 7.89. The molecule has 0 saturated carbocycles. The summed E-state index contributed by atoms with van der Waals surface area (Å²) >= 11 is 1.08. The molecule has 4 rings (SSSR count). The van der Waals surface area contributed by atoms with Gasteiger partial charge < -0.3 is 4.18 Å². The van der Waals surface area contributed by atoms with Gasteiger partial charge in [0.25, 0.3) is 0 Å². The molecule has 4 aromatic rings. The molecule has 2 heterocycles. The summed E-state index contributed by atoms with van der Waals surface area (Å²) in [6.45, 7) is 0. The Morgan fingerprint density at radius 3 is 2.60 bits per heavy atom. The number of nitrogens with zero attached hydrogens (tertiary/aromatic N) is 2. The number of benzene rings is 2. The molecule has 0 fully saturated rings. The summed E-state index contributed by atoms with van der Waals surface area (Å²) in [4.78, 5) is 8.23. The van der Waals surface area contributed by atoms with Crippen LogP contribution < -0.4 is 4.18 Å². The van der Waals surface area contributed by atoms with Crippen molar-refractivity contribution in [2.75, 3.05) is 0 Å². The molecule has 0 N–H and O–H groups in total. The maximum atomic E-state index is 12.5. The molecule has 2 aromatic heterocycles. The van der Waals surface area contributed by atoms with Crippen LogP contribution in [0.5, 0.6) is 5.75 Å². The van der Waals surface area contributed by atoms with Crippen LogP contribution in [-0.2, 0) is 10.1 Å². The van der Waals surface area contributed by atoms with Crippen molar-refractivity contribution in [1.29, 1.82) is 0 Å². The molecular formula is C18H12N2O3S2. The summed E-state index contributed by atoms with van der Waals surface area (Å²) in [6.07, 6.45) is 4.67. The fraction of sp³-hybridized carbons (Fsp3) is 0. The van der Waals surface area contributed by atoms with Gasteiger partial charge in [0.15, 0.2) is 4.21 Å². The van der Waals surface area contributed by atoms with E-state index in [1.165, 1.54) is 6.20 Å². The number of pyridine rings is 1. The molecule has 2 aromatic carbocycles. The number of aromatic nitrogens is 2. The number of thiazole rings is 1. The molecule has 0 bridgehead atoms. The Bertz CT molecular complexity index is 1140. The number of hydrogen-bond acceptors (Lipinski definition) is 6. The van der Waals surface area contributed by atoms with Gasteiger partial charge in [-0.2, -0.15) is 8.42 Å². The highest BCUT2D eigenvalue weighted by Gasteiger charge is 2.21. The van der Waals surface area contributed by atoms with Gasteiger partial charge in [-0.25, -0.2) is 4.98 Å². The average Bonchev–Trinajstić information content (AvgIpc) is 3.13. The normalized spacial score (nSPS) is 11.5. The van der Waals surface area contributed by atoms with Crippen LogP contribution in [0.1, 0.15) is 0 Å². The third-order valence-electron chi connectivity index (χ3n) is 3.57. The zero-order valence-corrected chi connectivity index (χ0v) is 14.5. The van der Waals surface area contributed by atoms with E-state index in [4.69, 9.17) is 4.18 Å². The van der Waals surface area contributed by atoms with Gasteiger partial charge in [0.1, 0.15) is 10.8 Å². The first kappa shape index (κ1) is 15.7. The summed E-state index contributed by atoms with van der Waals surface area (Å²) in [6, 6.07) is 16.3. The van der Waals surface area contributed by atoms with Gasteiger partial charge in [0.05, 0.1) is 6.20 Å². The summed E-state index contributed by atoms with van der Waals surface area (Å²) in [5, 5.41) is 2.40. The summed E-state index contributed by atoms with van der Waals surface area (Å²) in [5.41, 5.74) is 0.866. The highest BCUT2D eigenvalue weighted by atomic mass is 32.3. The predicted molar refractivity (Wildman–Crippen MR) is 97.1 cm³/mol.